The van der Waals surface area contributed by atoms with E-state index in [0.29, 0.717) is 29.0 Å². The molecule has 114 valence electrons. The van der Waals surface area contributed by atoms with Crippen molar-refractivity contribution < 1.29 is 18.7 Å². The van der Waals surface area contributed by atoms with Gasteiger partial charge in [-0.25, -0.2) is 0 Å². The lowest BCUT2D eigenvalue weighted by Crippen LogP contribution is -2.30. The van der Waals surface area contributed by atoms with Crippen molar-refractivity contribution in [1.82, 2.24) is 10.1 Å². The monoisotopic (exact) mass is 293 g/mol. The van der Waals surface area contributed by atoms with Gasteiger partial charge in [0, 0.05) is 0 Å². The van der Waals surface area contributed by atoms with Crippen LogP contribution < -0.4 is 19.9 Å². The normalized spacial score (nSPS) is 11.3. The van der Waals surface area contributed by atoms with Crippen LogP contribution in [-0.4, -0.2) is 24.4 Å². The van der Waals surface area contributed by atoms with Crippen LogP contribution in [0.3, 0.4) is 0 Å². The van der Waals surface area contributed by atoms with Crippen molar-refractivity contribution in [2.45, 2.75) is 26.0 Å². The Balaban J connectivity index is 2.15. The standard InChI is InChI=1S/C14H19N3O4/c1-14(2,15)13-16-11(21-17-13)8-20-12-9(18-3)6-5-7-10(12)19-4/h5-7H,8,15H2,1-4H3. The first kappa shape index (κ1) is 15.1. The summed E-state index contributed by atoms with van der Waals surface area (Å²) in [6.45, 7) is 3.69. The van der Waals surface area contributed by atoms with Gasteiger partial charge in [-0.3, -0.25) is 0 Å². The van der Waals surface area contributed by atoms with E-state index < -0.39 is 5.54 Å². The molecule has 0 saturated carbocycles. The lowest BCUT2D eigenvalue weighted by molar-refractivity contribution is 0.223. The summed E-state index contributed by atoms with van der Waals surface area (Å²) in [5.74, 6) is 2.36. The summed E-state index contributed by atoms with van der Waals surface area (Å²) in [6.07, 6.45) is 0. The van der Waals surface area contributed by atoms with Crippen LogP contribution in [0.15, 0.2) is 22.7 Å². The molecule has 2 N–H and O–H groups in total. The Hall–Kier alpha value is -2.28. The molecule has 7 nitrogen and oxygen atoms in total. The largest absolute Gasteiger partial charge is 0.493 e. The van der Waals surface area contributed by atoms with Gasteiger partial charge in [-0.1, -0.05) is 11.2 Å². The Labute approximate surface area is 123 Å². The molecule has 0 fully saturated rings. The highest BCUT2D eigenvalue weighted by atomic mass is 16.5. The molecule has 0 unspecified atom stereocenters. The van der Waals surface area contributed by atoms with E-state index in [2.05, 4.69) is 10.1 Å². The van der Waals surface area contributed by atoms with E-state index in [1.54, 1.807) is 40.2 Å². The van der Waals surface area contributed by atoms with Gasteiger partial charge < -0.3 is 24.5 Å². The Morgan fingerprint density at radius 3 is 2.29 bits per heavy atom. The average molecular weight is 293 g/mol. The number of rotatable bonds is 6. The summed E-state index contributed by atoms with van der Waals surface area (Å²) >= 11 is 0. The minimum Gasteiger partial charge on any atom is -0.493 e. The second-order valence-corrected chi connectivity index (χ2v) is 5.01. The summed E-state index contributed by atoms with van der Waals surface area (Å²) < 4.78 is 21.3. The highest BCUT2D eigenvalue weighted by Gasteiger charge is 2.22. The molecule has 1 heterocycles. The van der Waals surface area contributed by atoms with Crippen LogP contribution in [0.4, 0.5) is 0 Å². The number of para-hydroxylation sites is 1. The Morgan fingerprint density at radius 1 is 1.19 bits per heavy atom. The van der Waals surface area contributed by atoms with Crippen LogP contribution in [0.2, 0.25) is 0 Å². The lowest BCUT2D eigenvalue weighted by Gasteiger charge is -2.13. The van der Waals surface area contributed by atoms with E-state index in [1.165, 1.54) is 0 Å². The zero-order valence-corrected chi connectivity index (χ0v) is 12.5. The molecule has 0 bridgehead atoms. The van der Waals surface area contributed by atoms with Crippen molar-refractivity contribution in [2.75, 3.05) is 14.2 Å². The minimum absolute atomic E-state index is 0.0970. The quantitative estimate of drug-likeness (QED) is 0.868. The molecule has 0 atom stereocenters. The van der Waals surface area contributed by atoms with Crippen molar-refractivity contribution in [3.63, 3.8) is 0 Å². The molecule has 0 aliphatic heterocycles. The first-order chi connectivity index (χ1) is 9.95. The van der Waals surface area contributed by atoms with Gasteiger partial charge in [0.2, 0.25) is 5.75 Å². The predicted octanol–water partition coefficient (Wildman–Crippen LogP) is 1.86. The maximum atomic E-state index is 5.90. The van der Waals surface area contributed by atoms with Crippen LogP contribution in [0.1, 0.15) is 25.6 Å². The van der Waals surface area contributed by atoms with Crippen molar-refractivity contribution in [3.8, 4) is 17.2 Å². The molecule has 0 radical (unpaired) electrons. The third-order valence-corrected chi connectivity index (χ3v) is 2.77. The zero-order chi connectivity index (χ0) is 15.5. The highest BCUT2D eigenvalue weighted by molar-refractivity contribution is 5.51. The fourth-order valence-electron chi connectivity index (χ4n) is 1.67. The molecule has 1 aromatic heterocycles. The van der Waals surface area contributed by atoms with E-state index in [-0.39, 0.29) is 6.61 Å². The van der Waals surface area contributed by atoms with Gasteiger partial charge >= 0.3 is 0 Å². The molecule has 2 rings (SSSR count). The number of hydrogen-bond acceptors (Lipinski definition) is 7. The number of methoxy groups -OCH3 is 2. The fourth-order valence-corrected chi connectivity index (χ4v) is 1.67. The number of hydrogen-bond donors (Lipinski definition) is 1. The van der Waals surface area contributed by atoms with Crippen LogP contribution in [-0.2, 0) is 12.1 Å². The third-order valence-electron chi connectivity index (χ3n) is 2.77. The molecule has 7 heteroatoms. The van der Waals surface area contributed by atoms with E-state index in [0.717, 1.165) is 0 Å². The second-order valence-electron chi connectivity index (χ2n) is 5.01. The number of benzene rings is 1. The van der Waals surface area contributed by atoms with Crippen molar-refractivity contribution in [3.05, 3.63) is 29.9 Å². The predicted molar refractivity (Wildman–Crippen MR) is 75.4 cm³/mol. The van der Waals surface area contributed by atoms with Gasteiger partial charge in [-0.15, -0.1) is 0 Å². The summed E-state index contributed by atoms with van der Waals surface area (Å²) in [4.78, 5) is 4.20. The smallest absolute Gasteiger partial charge is 0.264 e. The summed E-state index contributed by atoms with van der Waals surface area (Å²) in [5.41, 5.74) is 5.24. The van der Waals surface area contributed by atoms with Gasteiger partial charge in [0.15, 0.2) is 23.9 Å². The Kier molecular flexibility index (Phi) is 4.32. The van der Waals surface area contributed by atoms with Gasteiger partial charge in [-0.05, 0) is 26.0 Å². The van der Waals surface area contributed by atoms with Crippen LogP contribution in [0.25, 0.3) is 0 Å². The van der Waals surface area contributed by atoms with E-state index in [4.69, 9.17) is 24.5 Å². The molecule has 2 aromatic rings. The van der Waals surface area contributed by atoms with Crippen molar-refractivity contribution >= 4 is 0 Å². The highest BCUT2D eigenvalue weighted by Crippen LogP contribution is 2.37. The summed E-state index contributed by atoms with van der Waals surface area (Å²) in [7, 11) is 3.12. The first-order valence-corrected chi connectivity index (χ1v) is 6.41. The lowest BCUT2D eigenvalue weighted by atomic mass is 10.1. The topological polar surface area (TPSA) is 92.6 Å². The third kappa shape index (κ3) is 3.43. The fraction of sp³-hybridized carbons (Fsp3) is 0.429. The van der Waals surface area contributed by atoms with Gasteiger partial charge in [-0.2, -0.15) is 4.98 Å². The first-order valence-electron chi connectivity index (χ1n) is 6.41. The minimum atomic E-state index is -0.663. The number of nitrogens with zero attached hydrogens (tertiary/aromatic N) is 2. The number of nitrogens with two attached hydrogens (primary N) is 1. The van der Waals surface area contributed by atoms with E-state index in [9.17, 15) is 0 Å². The van der Waals surface area contributed by atoms with E-state index >= 15 is 0 Å². The van der Waals surface area contributed by atoms with Crippen molar-refractivity contribution in [2.24, 2.45) is 5.73 Å². The molecule has 0 spiro atoms. The summed E-state index contributed by atoms with van der Waals surface area (Å²) in [5, 5.41) is 3.83. The number of ether oxygens (including phenoxy) is 3. The Bertz CT molecular complexity index is 582. The molecule has 1 aromatic carbocycles. The molecule has 0 amide bonds. The van der Waals surface area contributed by atoms with Crippen molar-refractivity contribution in [1.29, 1.82) is 0 Å². The molecule has 21 heavy (non-hydrogen) atoms. The maximum absolute atomic E-state index is 5.90. The molecule has 0 aliphatic rings. The molecular formula is C14H19N3O4. The SMILES string of the molecule is COc1cccc(OC)c1OCc1nc(C(C)(C)N)no1. The van der Waals surface area contributed by atoms with Gasteiger partial charge in [0.1, 0.15) is 0 Å². The average Bonchev–Trinajstić information content (AvgIpc) is 2.93. The maximum Gasteiger partial charge on any atom is 0.264 e. The van der Waals surface area contributed by atoms with Crippen LogP contribution >= 0.6 is 0 Å². The van der Waals surface area contributed by atoms with E-state index in [1.807, 2.05) is 6.07 Å². The number of aromatic nitrogens is 2. The zero-order valence-electron chi connectivity index (χ0n) is 12.5. The van der Waals surface area contributed by atoms with Gasteiger partial charge in [0.05, 0.1) is 19.8 Å². The Morgan fingerprint density at radius 2 is 1.81 bits per heavy atom. The molecule has 0 aliphatic carbocycles. The summed E-state index contributed by atoms with van der Waals surface area (Å²) in [6, 6.07) is 5.37. The molecule has 0 saturated heterocycles. The van der Waals surface area contributed by atoms with Gasteiger partial charge in [0.25, 0.3) is 5.89 Å². The van der Waals surface area contributed by atoms with Crippen LogP contribution in [0.5, 0.6) is 17.2 Å². The van der Waals surface area contributed by atoms with Crippen LogP contribution in [0, 0.1) is 0 Å². The second kappa shape index (κ2) is 6.01. The molecular weight excluding hydrogens is 274 g/mol.